The molecule has 3 aromatic rings. The van der Waals surface area contributed by atoms with Gasteiger partial charge in [0.1, 0.15) is 5.82 Å². The van der Waals surface area contributed by atoms with Gasteiger partial charge in [-0.05, 0) is 51.0 Å². The first-order valence-electron chi connectivity index (χ1n) is 10.6. The van der Waals surface area contributed by atoms with E-state index in [4.69, 9.17) is 9.72 Å². The van der Waals surface area contributed by atoms with Crippen LogP contribution in [0.15, 0.2) is 48.5 Å². The number of hydrogen-bond donors (Lipinski definition) is 1. The maximum Gasteiger partial charge on any atom is 0.251 e. The highest BCUT2D eigenvalue weighted by Gasteiger charge is 2.10. The van der Waals surface area contributed by atoms with Crippen LogP contribution in [0.3, 0.4) is 0 Å². The summed E-state index contributed by atoms with van der Waals surface area (Å²) in [5, 5.41) is 3.02. The molecule has 0 bridgehead atoms. The molecule has 5 heteroatoms. The maximum absolute atomic E-state index is 12.2. The molecule has 0 saturated heterocycles. The van der Waals surface area contributed by atoms with E-state index in [-0.39, 0.29) is 5.91 Å². The zero-order chi connectivity index (χ0) is 20.5. The Kier molecular flexibility index (Phi) is 7.82. The first kappa shape index (κ1) is 21.1. The number of hydrogen-bond acceptors (Lipinski definition) is 3. The van der Waals surface area contributed by atoms with Gasteiger partial charge in [-0.25, -0.2) is 4.98 Å². The summed E-state index contributed by atoms with van der Waals surface area (Å²) in [6, 6.07) is 16.0. The standard InChI is InChI=1S/C24H31N3O2/c1-3-29-17-16-27-22-13-7-6-12-21(22)26-23(27)14-5-4-8-15-25-24(28)20-11-9-10-19(2)18-20/h6-7,9-13,18H,3-5,8,14-17H2,1-2H3,(H,25,28). The molecule has 0 atom stereocenters. The van der Waals surface area contributed by atoms with Gasteiger partial charge in [0.15, 0.2) is 0 Å². The Hall–Kier alpha value is -2.66. The Balaban J connectivity index is 1.46. The average molecular weight is 394 g/mol. The van der Waals surface area contributed by atoms with Crippen molar-refractivity contribution in [3.8, 4) is 0 Å². The van der Waals surface area contributed by atoms with Gasteiger partial charge in [-0.2, -0.15) is 0 Å². The fourth-order valence-electron chi connectivity index (χ4n) is 3.54. The van der Waals surface area contributed by atoms with Crippen LogP contribution in [0.25, 0.3) is 11.0 Å². The van der Waals surface area contributed by atoms with Gasteiger partial charge >= 0.3 is 0 Å². The number of carbonyl (C=O) groups excluding carboxylic acids is 1. The maximum atomic E-state index is 12.2. The Labute approximate surface area is 173 Å². The molecule has 1 aromatic heterocycles. The lowest BCUT2D eigenvalue weighted by Crippen LogP contribution is -2.24. The molecular weight excluding hydrogens is 362 g/mol. The Morgan fingerprint density at radius 2 is 1.97 bits per heavy atom. The summed E-state index contributed by atoms with van der Waals surface area (Å²) in [6.07, 6.45) is 4.02. The van der Waals surface area contributed by atoms with Crippen LogP contribution in [0.1, 0.15) is 47.9 Å². The van der Waals surface area contributed by atoms with Crippen molar-refractivity contribution in [2.45, 2.75) is 46.1 Å². The summed E-state index contributed by atoms with van der Waals surface area (Å²) in [4.78, 5) is 17.0. The van der Waals surface area contributed by atoms with Crippen molar-refractivity contribution in [1.29, 1.82) is 0 Å². The first-order chi connectivity index (χ1) is 14.2. The molecule has 0 aliphatic carbocycles. The summed E-state index contributed by atoms with van der Waals surface area (Å²) in [6.45, 7) is 6.98. The van der Waals surface area contributed by atoms with Crippen molar-refractivity contribution in [3.05, 3.63) is 65.5 Å². The quantitative estimate of drug-likeness (QED) is 0.487. The number of nitrogens with zero attached hydrogens (tertiary/aromatic N) is 2. The predicted molar refractivity (Wildman–Crippen MR) is 117 cm³/mol. The van der Waals surface area contributed by atoms with Gasteiger partial charge < -0.3 is 14.6 Å². The van der Waals surface area contributed by atoms with Crippen LogP contribution in [-0.2, 0) is 17.7 Å². The fraction of sp³-hybridized carbons (Fsp3) is 0.417. The zero-order valence-corrected chi connectivity index (χ0v) is 17.5. The molecule has 0 unspecified atom stereocenters. The van der Waals surface area contributed by atoms with Crippen LogP contribution in [0, 0.1) is 6.92 Å². The fourth-order valence-corrected chi connectivity index (χ4v) is 3.54. The average Bonchev–Trinajstić information content (AvgIpc) is 3.08. The van der Waals surface area contributed by atoms with Crippen LogP contribution < -0.4 is 5.32 Å². The Morgan fingerprint density at radius 3 is 2.79 bits per heavy atom. The molecule has 154 valence electrons. The molecule has 0 fully saturated rings. The largest absolute Gasteiger partial charge is 0.380 e. The number of nitrogens with one attached hydrogen (secondary N) is 1. The number of amides is 1. The minimum absolute atomic E-state index is 0.00594. The lowest BCUT2D eigenvalue weighted by molar-refractivity contribution is 0.0953. The minimum atomic E-state index is 0.00594. The lowest BCUT2D eigenvalue weighted by atomic mass is 10.1. The third kappa shape index (κ3) is 5.91. The highest BCUT2D eigenvalue weighted by Crippen LogP contribution is 2.18. The molecule has 0 aliphatic rings. The van der Waals surface area contributed by atoms with E-state index in [9.17, 15) is 4.79 Å². The van der Waals surface area contributed by atoms with Crippen molar-refractivity contribution in [2.24, 2.45) is 0 Å². The number of aromatic nitrogens is 2. The topological polar surface area (TPSA) is 56.1 Å². The van der Waals surface area contributed by atoms with E-state index in [0.29, 0.717) is 13.2 Å². The van der Waals surface area contributed by atoms with E-state index in [1.165, 1.54) is 5.52 Å². The molecule has 5 nitrogen and oxygen atoms in total. The molecule has 0 saturated carbocycles. The minimum Gasteiger partial charge on any atom is -0.380 e. The van der Waals surface area contributed by atoms with Gasteiger partial charge in [0.2, 0.25) is 0 Å². The van der Waals surface area contributed by atoms with Gasteiger partial charge in [-0.1, -0.05) is 36.2 Å². The normalized spacial score (nSPS) is 11.1. The number of unbranched alkanes of at least 4 members (excludes halogenated alkanes) is 2. The summed E-state index contributed by atoms with van der Waals surface area (Å²) < 4.78 is 7.83. The number of rotatable bonds is 11. The van der Waals surface area contributed by atoms with E-state index < -0.39 is 0 Å². The highest BCUT2D eigenvalue weighted by molar-refractivity contribution is 5.94. The van der Waals surface area contributed by atoms with Crippen molar-refractivity contribution in [3.63, 3.8) is 0 Å². The SMILES string of the molecule is CCOCCn1c(CCCCCNC(=O)c2cccc(C)c2)nc2ccccc21. The number of fused-ring (bicyclic) bond motifs is 1. The van der Waals surface area contributed by atoms with Crippen molar-refractivity contribution in [2.75, 3.05) is 19.8 Å². The Bertz CT molecular complexity index is 933. The van der Waals surface area contributed by atoms with Crippen LogP contribution in [0.2, 0.25) is 0 Å². The van der Waals surface area contributed by atoms with E-state index in [1.807, 2.05) is 44.2 Å². The third-order valence-electron chi connectivity index (χ3n) is 5.04. The van der Waals surface area contributed by atoms with E-state index in [0.717, 1.165) is 61.3 Å². The summed E-state index contributed by atoms with van der Waals surface area (Å²) in [7, 11) is 0. The number of benzene rings is 2. The van der Waals surface area contributed by atoms with Crippen molar-refractivity contribution in [1.82, 2.24) is 14.9 Å². The first-order valence-corrected chi connectivity index (χ1v) is 10.6. The van der Waals surface area contributed by atoms with Crippen LogP contribution in [0.5, 0.6) is 0 Å². The molecule has 2 aromatic carbocycles. The van der Waals surface area contributed by atoms with Crippen LogP contribution in [0.4, 0.5) is 0 Å². The monoisotopic (exact) mass is 393 g/mol. The zero-order valence-electron chi connectivity index (χ0n) is 17.5. The van der Waals surface area contributed by atoms with Crippen molar-refractivity contribution >= 4 is 16.9 Å². The van der Waals surface area contributed by atoms with E-state index in [2.05, 4.69) is 28.1 Å². The van der Waals surface area contributed by atoms with Gasteiger partial charge in [-0.15, -0.1) is 0 Å². The molecular formula is C24H31N3O2. The number of carbonyl (C=O) groups is 1. The van der Waals surface area contributed by atoms with E-state index >= 15 is 0 Å². The smallest absolute Gasteiger partial charge is 0.251 e. The summed E-state index contributed by atoms with van der Waals surface area (Å²) in [5.74, 6) is 1.13. The van der Waals surface area contributed by atoms with Gasteiger partial charge in [-0.3, -0.25) is 4.79 Å². The molecule has 0 spiro atoms. The van der Waals surface area contributed by atoms with Crippen LogP contribution >= 0.6 is 0 Å². The summed E-state index contributed by atoms with van der Waals surface area (Å²) in [5.41, 5.74) is 4.05. The van der Waals surface area contributed by atoms with Crippen LogP contribution in [-0.4, -0.2) is 35.2 Å². The Morgan fingerprint density at radius 1 is 1.10 bits per heavy atom. The second-order valence-electron chi connectivity index (χ2n) is 7.30. The second-order valence-corrected chi connectivity index (χ2v) is 7.30. The number of para-hydroxylation sites is 2. The van der Waals surface area contributed by atoms with Gasteiger partial charge in [0.25, 0.3) is 5.91 Å². The molecule has 3 rings (SSSR count). The molecule has 29 heavy (non-hydrogen) atoms. The van der Waals surface area contributed by atoms with E-state index in [1.54, 1.807) is 0 Å². The number of aryl methyl sites for hydroxylation is 2. The lowest BCUT2D eigenvalue weighted by Gasteiger charge is -2.09. The predicted octanol–water partition coefficient (Wildman–Crippen LogP) is 4.52. The molecule has 1 amide bonds. The molecule has 0 radical (unpaired) electrons. The van der Waals surface area contributed by atoms with Crippen molar-refractivity contribution < 1.29 is 9.53 Å². The second kappa shape index (κ2) is 10.8. The molecule has 0 aliphatic heterocycles. The third-order valence-corrected chi connectivity index (χ3v) is 5.04. The van der Waals surface area contributed by atoms with Gasteiger partial charge in [0.05, 0.1) is 17.6 Å². The highest BCUT2D eigenvalue weighted by atomic mass is 16.5. The van der Waals surface area contributed by atoms with Gasteiger partial charge in [0, 0.05) is 31.7 Å². The number of ether oxygens (including phenoxy) is 1. The molecule has 1 N–H and O–H groups in total. The number of imidazole rings is 1. The summed E-state index contributed by atoms with van der Waals surface area (Å²) >= 11 is 0. The molecule has 1 heterocycles.